The maximum Gasteiger partial charge on any atom is 0.126 e. The number of halogens is 2. The molecule has 14 heavy (non-hydrogen) atoms. The second kappa shape index (κ2) is 5.86. The average Bonchev–Trinajstić information content (AvgIpc) is 2.20. The molecule has 78 valence electrons. The smallest absolute Gasteiger partial charge is 0.126 e. The van der Waals surface area contributed by atoms with E-state index in [1.54, 1.807) is 0 Å². The molecule has 1 aromatic carbocycles. The predicted octanol–water partition coefficient (Wildman–Crippen LogP) is 3.47. The van der Waals surface area contributed by atoms with Crippen LogP contribution in [0.1, 0.15) is 17.5 Å². The second-order valence-electron chi connectivity index (χ2n) is 3.09. The summed E-state index contributed by atoms with van der Waals surface area (Å²) in [4.78, 5) is 0. The third kappa shape index (κ3) is 2.88. The van der Waals surface area contributed by atoms with E-state index in [1.165, 1.54) is 0 Å². The fraction of sp³-hybridized carbons (Fsp3) is 0.455. The lowest BCUT2D eigenvalue weighted by Crippen LogP contribution is -2.01. The van der Waals surface area contributed by atoms with Gasteiger partial charge >= 0.3 is 0 Å². The summed E-state index contributed by atoms with van der Waals surface area (Å²) < 4.78 is 17.3. The van der Waals surface area contributed by atoms with E-state index in [0.717, 1.165) is 16.9 Å². The summed E-state index contributed by atoms with van der Waals surface area (Å²) >= 11 is 5.76. The van der Waals surface area contributed by atoms with E-state index in [0.29, 0.717) is 18.9 Å². The van der Waals surface area contributed by atoms with Gasteiger partial charge in [0.05, 0.1) is 19.2 Å². The number of alkyl halides is 2. The molecule has 0 aromatic heterocycles. The van der Waals surface area contributed by atoms with E-state index >= 15 is 0 Å². The number of hydrogen-bond donors (Lipinski definition) is 0. The zero-order valence-electron chi connectivity index (χ0n) is 8.22. The van der Waals surface area contributed by atoms with Crippen LogP contribution in [0.4, 0.5) is 4.39 Å². The van der Waals surface area contributed by atoms with Crippen molar-refractivity contribution in [2.75, 3.05) is 13.3 Å². The van der Waals surface area contributed by atoms with Gasteiger partial charge in [-0.05, 0) is 12.5 Å². The van der Waals surface area contributed by atoms with Crippen LogP contribution in [-0.4, -0.2) is 13.3 Å². The number of ether oxygens (including phenoxy) is 1. The van der Waals surface area contributed by atoms with E-state index in [4.69, 9.17) is 16.3 Å². The van der Waals surface area contributed by atoms with Gasteiger partial charge in [-0.15, -0.1) is 11.6 Å². The summed E-state index contributed by atoms with van der Waals surface area (Å²) in [5.41, 5.74) is 2.01. The van der Waals surface area contributed by atoms with Crippen LogP contribution in [0, 0.1) is 6.92 Å². The predicted molar refractivity (Wildman–Crippen MR) is 56.8 cm³/mol. The molecule has 3 heteroatoms. The van der Waals surface area contributed by atoms with Gasteiger partial charge in [0, 0.05) is 12.0 Å². The molecule has 0 aliphatic carbocycles. The van der Waals surface area contributed by atoms with Gasteiger partial charge in [0.15, 0.2) is 0 Å². The average molecular weight is 217 g/mol. The SMILES string of the molecule is Cc1cccc(CCl)c1OCCCF. The Morgan fingerprint density at radius 2 is 2.21 bits per heavy atom. The summed E-state index contributed by atoms with van der Waals surface area (Å²) in [5, 5.41) is 0. The van der Waals surface area contributed by atoms with Crippen molar-refractivity contribution in [3.8, 4) is 5.75 Å². The molecule has 0 fully saturated rings. The number of aryl methyl sites for hydroxylation is 1. The molecule has 1 nitrogen and oxygen atoms in total. The van der Waals surface area contributed by atoms with Crippen molar-refractivity contribution < 1.29 is 9.13 Å². The van der Waals surface area contributed by atoms with E-state index < -0.39 is 0 Å². The first-order chi connectivity index (χ1) is 6.79. The van der Waals surface area contributed by atoms with Crippen LogP contribution < -0.4 is 4.74 Å². The van der Waals surface area contributed by atoms with Crippen LogP contribution in [0.25, 0.3) is 0 Å². The Labute approximate surface area is 88.8 Å². The van der Waals surface area contributed by atoms with Crippen LogP contribution >= 0.6 is 11.6 Å². The summed E-state index contributed by atoms with van der Waals surface area (Å²) in [6, 6.07) is 5.82. The second-order valence-corrected chi connectivity index (χ2v) is 3.36. The van der Waals surface area contributed by atoms with Crippen molar-refractivity contribution in [1.29, 1.82) is 0 Å². The maximum atomic E-state index is 11.9. The largest absolute Gasteiger partial charge is 0.493 e. The number of benzene rings is 1. The highest BCUT2D eigenvalue weighted by Gasteiger charge is 2.05. The van der Waals surface area contributed by atoms with Gasteiger partial charge in [-0.1, -0.05) is 18.2 Å². The molecule has 0 aliphatic rings. The summed E-state index contributed by atoms with van der Waals surface area (Å²) in [6.07, 6.45) is 0.427. The molecule has 0 saturated heterocycles. The number of para-hydroxylation sites is 1. The van der Waals surface area contributed by atoms with Crippen LogP contribution in [0.5, 0.6) is 5.75 Å². The minimum absolute atomic E-state index is 0.345. The molecule has 1 rings (SSSR count). The topological polar surface area (TPSA) is 9.23 Å². The number of hydrogen-bond acceptors (Lipinski definition) is 1. The normalized spacial score (nSPS) is 10.2. The minimum atomic E-state index is -0.345. The van der Waals surface area contributed by atoms with Gasteiger partial charge in [-0.3, -0.25) is 4.39 Å². The molecule has 0 aliphatic heterocycles. The Balaban J connectivity index is 2.72. The molecule has 0 unspecified atom stereocenters. The van der Waals surface area contributed by atoms with Crippen molar-refractivity contribution in [3.05, 3.63) is 29.3 Å². The Morgan fingerprint density at radius 3 is 2.86 bits per heavy atom. The highest BCUT2D eigenvalue weighted by atomic mass is 35.5. The first kappa shape index (κ1) is 11.3. The molecule has 0 amide bonds. The van der Waals surface area contributed by atoms with Crippen molar-refractivity contribution >= 4 is 11.6 Å². The van der Waals surface area contributed by atoms with Crippen molar-refractivity contribution in [2.24, 2.45) is 0 Å². The van der Waals surface area contributed by atoms with Gasteiger partial charge in [0.25, 0.3) is 0 Å². The fourth-order valence-corrected chi connectivity index (χ4v) is 1.46. The molecule has 0 radical (unpaired) electrons. The third-order valence-electron chi connectivity index (χ3n) is 1.96. The zero-order valence-corrected chi connectivity index (χ0v) is 8.98. The first-order valence-corrected chi connectivity index (χ1v) is 5.16. The molecular weight excluding hydrogens is 203 g/mol. The van der Waals surface area contributed by atoms with Gasteiger partial charge in [-0.2, -0.15) is 0 Å². The van der Waals surface area contributed by atoms with Crippen LogP contribution in [0.2, 0.25) is 0 Å². The van der Waals surface area contributed by atoms with Gasteiger partial charge in [0.2, 0.25) is 0 Å². The maximum absolute atomic E-state index is 11.9. The van der Waals surface area contributed by atoms with Crippen LogP contribution in [0.3, 0.4) is 0 Å². The van der Waals surface area contributed by atoms with Crippen molar-refractivity contribution in [2.45, 2.75) is 19.2 Å². The van der Waals surface area contributed by atoms with Crippen LogP contribution in [0.15, 0.2) is 18.2 Å². The van der Waals surface area contributed by atoms with E-state index in [1.807, 2.05) is 25.1 Å². The molecule has 0 heterocycles. The Bertz CT molecular complexity index is 289. The monoisotopic (exact) mass is 216 g/mol. The molecule has 0 N–H and O–H groups in total. The lowest BCUT2D eigenvalue weighted by Gasteiger charge is -2.11. The highest BCUT2D eigenvalue weighted by molar-refractivity contribution is 6.17. The van der Waals surface area contributed by atoms with Crippen molar-refractivity contribution in [1.82, 2.24) is 0 Å². The quantitative estimate of drug-likeness (QED) is 0.541. The Kier molecular flexibility index (Phi) is 4.74. The lowest BCUT2D eigenvalue weighted by atomic mass is 10.1. The van der Waals surface area contributed by atoms with E-state index in [2.05, 4.69) is 0 Å². The van der Waals surface area contributed by atoms with Crippen LogP contribution in [-0.2, 0) is 5.88 Å². The minimum Gasteiger partial charge on any atom is -0.493 e. The standard InChI is InChI=1S/C11H14ClFO/c1-9-4-2-5-10(8-12)11(9)14-7-3-6-13/h2,4-5H,3,6-8H2,1H3. The zero-order chi connectivity index (χ0) is 10.4. The van der Waals surface area contributed by atoms with Gasteiger partial charge in [-0.25, -0.2) is 0 Å². The molecule has 0 bridgehead atoms. The van der Waals surface area contributed by atoms with Crippen molar-refractivity contribution in [3.63, 3.8) is 0 Å². The summed E-state index contributed by atoms with van der Waals surface area (Å²) in [6.45, 7) is 2.02. The molecule has 0 atom stereocenters. The number of rotatable bonds is 5. The molecule has 0 spiro atoms. The Morgan fingerprint density at radius 1 is 1.43 bits per heavy atom. The lowest BCUT2D eigenvalue weighted by molar-refractivity contribution is 0.286. The van der Waals surface area contributed by atoms with Gasteiger partial charge in [0.1, 0.15) is 5.75 Å². The third-order valence-corrected chi connectivity index (χ3v) is 2.25. The van der Waals surface area contributed by atoms with E-state index in [9.17, 15) is 4.39 Å². The highest BCUT2D eigenvalue weighted by Crippen LogP contribution is 2.24. The molecular formula is C11H14ClFO. The molecule has 1 aromatic rings. The van der Waals surface area contributed by atoms with Gasteiger partial charge < -0.3 is 4.74 Å². The summed E-state index contributed by atoms with van der Waals surface area (Å²) in [7, 11) is 0. The fourth-order valence-electron chi connectivity index (χ4n) is 1.25. The first-order valence-electron chi connectivity index (χ1n) is 4.62. The summed E-state index contributed by atoms with van der Waals surface area (Å²) in [5.74, 6) is 1.23. The Hall–Kier alpha value is -0.760. The van der Waals surface area contributed by atoms with E-state index in [-0.39, 0.29) is 6.67 Å². The molecule has 0 saturated carbocycles.